The highest BCUT2D eigenvalue weighted by Crippen LogP contribution is 2.17. The standard InChI is InChI=1S/C16H23N3/c1-3-11-19-12-10-18-16(19)13-15(17-4-2)14-8-6-5-7-9-14/h5-10,12,15,17H,3-4,11,13H2,1-2H3. The van der Waals surface area contributed by atoms with E-state index in [-0.39, 0.29) is 0 Å². The maximum atomic E-state index is 4.51. The summed E-state index contributed by atoms with van der Waals surface area (Å²) in [6.45, 7) is 6.36. The van der Waals surface area contributed by atoms with E-state index < -0.39 is 0 Å². The molecule has 0 spiro atoms. The van der Waals surface area contributed by atoms with Crippen molar-refractivity contribution in [2.75, 3.05) is 6.54 Å². The van der Waals surface area contributed by atoms with E-state index in [1.54, 1.807) is 0 Å². The van der Waals surface area contributed by atoms with Gasteiger partial charge >= 0.3 is 0 Å². The second kappa shape index (κ2) is 7.10. The van der Waals surface area contributed by atoms with Crippen LogP contribution in [0, 0.1) is 0 Å². The van der Waals surface area contributed by atoms with Crippen LogP contribution in [0.15, 0.2) is 42.7 Å². The third kappa shape index (κ3) is 3.67. The quantitative estimate of drug-likeness (QED) is 0.825. The highest BCUT2D eigenvalue weighted by Gasteiger charge is 2.13. The Morgan fingerprint density at radius 3 is 2.68 bits per heavy atom. The van der Waals surface area contributed by atoms with Crippen LogP contribution in [-0.2, 0) is 13.0 Å². The van der Waals surface area contributed by atoms with Crippen LogP contribution >= 0.6 is 0 Å². The Kier molecular flexibility index (Phi) is 5.16. The van der Waals surface area contributed by atoms with Crippen molar-refractivity contribution in [3.05, 3.63) is 54.1 Å². The summed E-state index contributed by atoms with van der Waals surface area (Å²) in [7, 11) is 0. The number of likely N-dealkylation sites (N-methyl/N-ethyl adjacent to an activating group) is 1. The maximum absolute atomic E-state index is 4.51. The van der Waals surface area contributed by atoms with Gasteiger partial charge in [-0.05, 0) is 18.5 Å². The lowest BCUT2D eigenvalue weighted by molar-refractivity contribution is 0.516. The molecule has 2 rings (SSSR count). The van der Waals surface area contributed by atoms with Crippen LogP contribution in [-0.4, -0.2) is 16.1 Å². The lowest BCUT2D eigenvalue weighted by atomic mass is 10.0. The third-order valence-corrected chi connectivity index (χ3v) is 3.31. The molecular formula is C16H23N3. The minimum atomic E-state index is 0.337. The first-order valence-electron chi connectivity index (χ1n) is 7.13. The van der Waals surface area contributed by atoms with Gasteiger partial charge in [0.25, 0.3) is 0 Å². The van der Waals surface area contributed by atoms with Gasteiger partial charge in [0, 0.05) is 31.4 Å². The molecule has 0 aliphatic heterocycles. The first-order chi connectivity index (χ1) is 9.35. The molecule has 0 saturated heterocycles. The van der Waals surface area contributed by atoms with Gasteiger partial charge in [0.1, 0.15) is 5.82 Å². The van der Waals surface area contributed by atoms with E-state index in [9.17, 15) is 0 Å². The molecule has 1 heterocycles. The summed E-state index contributed by atoms with van der Waals surface area (Å²) in [5.74, 6) is 1.16. The van der Waals surface area contributed by atoms with Gasteiger partial charge in [-0.1, -0.05) is 44.2 Å². The van der Waals surface area contributed by atoms with Crippen molar-refractivity contribution in [2.24, 2.45) is 0 Å². The van der Waals surface area contributed by atoms with Crippen LogP contribution in [0.1, 0.15) is 37.7 Å². The maximum Gasteiger partial charge on any atom is 0.110 e. The lowest BCUT2D eigenvalue weighted by Crippen LogP contribution is -2.24. The molecule has 102 valence electrons. The second-order valence-electron chi connectivity index (χ2n) is 4.76. The molecule has 1 unspecified atom stereocenters. The van der Waals surface area contributed by atoms with Gasteiger partial charge in [-0.3, -0.25) is 0 Å². The number of benzene rings is 1. The Morgan fingerprint density at radius 2 is 2.00 bits per heavy atom. The average Bonchev–Trinajstić information content (AvgIpc) is 2.87. The Morgan fingerprint density at radius 1 is 1.21 bits per heavy atom. The molecule has 3 heteroatoms. The lowest BCUT2D eigenvalue weighted by Gasteiger charge is -2.18. The number of nitrogens with zero attached hydrogens (tertiary/aromatic N) is 2. The number of imidazole rings is 1. The molecule has 0 fully saturated rings. The summed E-state index contributed by atoms with van der Waals surface area (Å²) < 4.78 is 2.26. The summed E-state index contributed by atoms with van der Waals surface area (Å²) in [5.41, 5.74) is 1.33. The summed E-state index contributed by atoms with van der Waals surface area (Å²) in [4.78, 5) is 4.51. The fourth-order valence-electron chi connectivity index (χ4n) is 2.40. The predicted molar refractivity (Wildman–Crippen MR) is 79.1 cm³/mol. The fraction of sp³-hybridized carbons (Fsp3) is 0.438. The average molecular weight is 257 g/mol. The van der Waals surface area contributed by atoms with Crippen molar-refractivity contribution in [2.45, 2.75) is 39.3 Å². The third-order valence-electron chi connectivity index (χ3n) is 3.31. The van der Waals surface area contributed by atoms with E-state index in [4.69, 9.17) is 0 Å². The van der Waals surface area contributed by atoms with Crippen molar-refractivity contribution < 1.29 is 0 Å². The minimum Gasteiger partial charge on any atom is -0.335 e. The fourth-order valence-corrected chi connectivity index (χ4v) is 2.40. The van der Waals surface area contributed by atoms with Crippen molar-refractivity contribution in [1.82, 2.24) is 14.9 Å². The number of nitrogens with one attached hydrogen (secondary N) is 1. The number of aryl methyl sites for hydroxylation is 1. The predicted octanol–water partition coefficient (Wildman–Crippen LogP) is 3.19. The van der Waals surface area contributed by atoms with Crippen LogP contribution in [0.4, 0.5) is 0 Å². The van der Waals surface area contributed by atoms with E-state index in [0.717, 1.165) is 31.8 Å². The van der Waals surface area contributed by atoms with E-state index in [0.29, 0.717) is 6.04 Å². The first-order valence-corrected chi connectivity index (χ1v) is 7.13. The molecule has 0 aliphatic carbocycles. The van der Waals surface area contributed by atoms with Crippen molar-refractivity contribution >= 4 is 0 Å². The SMILES string of the molecule is CCCn1ccnc1CC(NCC)c1ccccc1. The van der Waals surface area contributed by atoms with Gasteiger partial charge in [-0.15, -0.1) is 0 Å². The summed E-state index contributed by atoms with van der Waals surface area (Å²) in [6.07, 6.45) is 6.05. The van der Waals surface area contributed by atoms with Crippen LogP contribution in [0.5, 0.6) is 0 Å². The highest BCUT2D eigenvalue weighted by molar-refractivity contribution is 5.20. The molecule has 0 saturated carbocycles. The summed E-state index contributed by atoms with van der Waals surface area (Å²) in [6, 6.07) is 11.0. The molecule has 2 aromatic rings. The van der Waals surface area contributed by atoms with Crippen LogP contribution < -0.4 is 5.32 Å². The zero-order valence-electron chi connectivity index (χ0n) is 11.8. The van der Waals surface area contributed by atoms with Gasteiger partial charge in [0.15, 0.2) is 0 Å². The number of hydrogen-bond donors (Lipinski definition) is 1. The Bertz CT molecular complexity index is 476. The van der Waals surface area contributed by atoms with E-state index in [1.807, 2.05) is 6.20 Å². The Labute approximate surface area is 115 Å². The summed E-state index contributed by atoms with van der Waals surface area (Å²) >= 11 is 0. The van der Waals surface area contributed by atoms with Gasteiger partial charge in [-0.25, -0.2) is 4.98 Å². The number of hydrogen-bond acceptors (Lipinski definition) is 2. The Balaban J connectivity index is 2.14. The van der Waals surface area contributed by atoms with Gasteiger partial charge < -0.3 is 9.88 Å². The molecule has 1 aromatic heterocycles. The zero-order chi connectivity index (χ0) is 13.5. The van der Waals surface area contributed by atoms with Crippen LogP contribution in [0.25, 0.3) is 0 Å². The summed E-state index contributed by atoms with van der Waals surface area (Å²) in [5, 5.41) is 3.55. The molecule has 0 radical (unpaired) electrons. The largest absolute Gasteiger partial charge is 0.335 e. The normalized spacial score (nSPS) is 12.5. The monoisotopic (exact) mass is 257 g/mol. The van der Waals surface area contributed by atoms with Crippen LogP contribution in [0.3, 0.4) is 0 Å². The van der Waals surface area contributed by atoms with E-state index in [2.05, 4.69) is 65.2 Å². The van der Waals surface area contributed by atoms with Gasteiger partial charge in [0.05, 0.1) is 0 Å². The Hall–Kier alpha value is -1.61. The highest BCUT2D eigenvalue weighted by atomic mass is 15.1. The van der Waals surface area contributed by atoms with Crippen LogP contribution in [0.2, 0.25) is 0 Å². The minimum absolute atomic E-state index is 0.337. The molecule has 19 heavy (non-hydrogen) atoms. The smallest absolute Gasteiger partial charge is 0.110 e. The van der Waals surface area contributed by atoms with E-state index >= 15 is 0 Å². The molecule has 0 bridgehead atoms. The first kappa shape index (κ1) is 13.8. The van der Waals surface area contributed by atoms with E-state index in [1.165, 1.54) is 5.56 Å². The van der Waals surface area contributed by atoms with Crippen molar-refractivity contribution in [3.8, 4) is 0 Å². The van der Waals surface area contributed by atoms with Gasteiger partial charge in [-0.2, -0.15) is 0 Å². The zero-order valence-corrected chi connectivity index (χ0v) is 11.8. The number of rotatable bonds is 7. The number of aromatic nitrogens is 2. The van der Waals surface area contributed by atoms with Crippen molar-refractivity contribution in [1.29, 1.82) is 0 Å². The molecule has 1 atom stereocenters. The second-order valence-corrected chi connectivity index (χ2v) is 4.76. The molecule has 0 aliphatic rings. The van der Waals surface area contributed by atoms with Crippen molar-refractivity contribution in [3.63, 3.8) is 0 Å². The molecule has 0 amide bonds. The topological polar surface area (TPSA) is 29.9 Å². The molecule has 3 nitrogen and oxygen atoms in total. The molecular weight excluding hydrogens is 234 g/mol. The van der Waals surface area contributed by atoms with Gasteiger partial charge in [0.2, 0.25) is 0 Å². The molecule has 1 N–H and O–H groups in total. The molecule has 1 aromatic carbocycles.